The molecule has 0 fully saturated rings. The number of esters is 1. The molecule has 0 aromatic rings. The summed E-state index contributed by atoms with van der Waals surface area (Å²) in [6.07, 6.45) is 45.3. The second-order valence-electron chi connectivity index (χ2n) is 15.8. The van der Waals surface area contributed by atoms with Gasteiger partial charge in [0, 0.05) is 6.42 Å². The fourth-order valence-electron chi connectivity index (χ4n) is 6.96. The predicted molar refractivity (Wildman–Crippen MR) is 227 cm³/mol. The Kier molecular flexibility index (Phi) is 40.2. The van der Waals surface area contributed by atoms with Gasteiger partial charge in [0.1, 0.15) is 6.10 Å². The Hall–Kier alpha value is -1.66. The summed E-state index contributed by atoms with van der Waals surface area (Å²) in [6.45, 7) is 6.39. The number of hydrogen-bond acceptors (Lipinski definition) is 5. The molecule has 0 rings (SSSR count). The van der Waals surface area contributed by atoms with E-state index in [0.29, 0.717) is 19.3 Å². The van der Waals surface area contributed by atoms with Gasteiger partial charge in [-0.3, -0.25) is 9.59 Å². The molecule has 0 bridgehead atoms. The van der Waals surface area contributed by atoms with Crippen molar-refractivity contribution < 1.29 is 24.5 Å². The molecule has 0 aromatic carbocycles. The van der Waals surface area contributed by atoms with Crippen molar-refractivity contribution in [3.63, 3.8) is 0 Å². The molecule has 6 heteroatoms. The number of amides is 1. The number of aliphatic hydroxyl groups is 2. The highest BCUT2D eigenvalue weighted by atomic mass is 16.5. The molecule has 0 saturated heterocycles. The van der Waals surface area contributed by atoms with Gasteiger partial charge in [-0.1, -0.05) is 180 Å². The highest BCUT2D eigenvalue weighted by molar-refractivity contribution is 5.77. The number of allylic oxidation sites excluding steroid dienone is 4. The first-order chi connectivity index (χ1) is 26.0. The molecule has 0 saturated carbocycles. The van der Waals surface area contributed by atoms with Crippen LogP contribution in [0.3, 0.4) is 0 Å². The zero-order valence-electron chi connectivity index (χ0n) is 35.4. The van der Waals surface area contributed by atoms with E-state index in [0.717, 1.165) is 83.5 Å². The minimum Gasteiger partial charge on any atom is -0.462 e. The van der Waals surface area contributed by atoms with Gasteiger partial charge in [0.25, 0.3) is 0 Å². The summed E-state index contributed by atoms with van der Waals surface area (Å²) in [5.74, 6) is -0.508. The molecular formula is C47H89NO5. The van der Waals surface area contributed by atoms with Crippen LogP contribution in [0.4, 0.5) is 0 Å². The third-order valence-electron chi connectivity index (χ3n) is 10.5. The maximum absolute atomic E-state index is 13.1. The van der Waals surface area contributed by atoms with Crippen molar-refractivity contribution in [2.45, 2.75) is 257 Å². The van der Waals surface area contributed by atoms with Crippen molar-refractivity contribution in [2.24, 2.45) is 0 Å². The first-order valence-corrected chi connectivity index (χ1v) is 23.1. The zero-order chi connectivity index (χ0) is 38.9. The Morgan fingerprint density at radius 2 is 0.943 bits per heavy atom. The lowest BCUT2D eigenvalue weighted by Gasteiger charge is -2.24. The van der Waals surface area contributed by atoms with Gasteiger partial charge in [-0.05, 0) is 70.6 Å². The van der Waals surface area contributed by atoms with Gasteiger partial charge < -0.3 is 20.3 Å². The lowest BCUT2D eigenvalue weighted by molar-refractivity contribution is -0.151. The number of hydrogen-bond donors (Lipinski definition) is 3. The Morgan fingerprint density at radius 1 is 0.528 bits per heavy atom. The predicted octanol–water partition coefficient (Wildman–Crippen LogP) is 13.2. The molecule has 0 aliphatic carbocycles. The first kappa shape index (κ1) is 51.3. The molecule has 3 atom stereocenters. The molecule has 53 heavy (non-hydrogen) atoms. The summed E-state index contributed by atoms with van der Waals surface area (Å²) in [5, 5.41) is 23.6. The average molecular weight is 748 g/mol. The highest BCUT2D eigenvalue weighted by Crippen LogP contribution is 2.17. The molecule has 0 aliphatic heterocycles. The van der Waals surface area contributed by atoms with Gasteiger partial charge in [-0.25, -0.2) is 0 Å². The normalized spacial score (nSPS) is 13.5. The third kappa shape index (κ3) is 37.1. The topological polar surface area (TPSA) is 95.9 Å². The standard InChI is InChI=1S/C47H89NO5/c1-4-7-10-13-16-19-21-23-24-26-28-31-34-37-40-47(52)53-43(38-35-32-29-18-15-12-9-6-3)41-46(51)48-44(42-49)45(50)39-36-33-30-27-25-22-20-17-14-11-8-5-2/h12,15,24,26,43-45,49-50H,4-11,13-14,16-23,25,27-42H2,1-3H3,(H,48,51)/b15-12-,26-24-. The van der Waals surface area contributed by atoms with Gasteiger partial charge in [0.2, 0.25) is 5.91 Å². The molecule has 312 valence electrons. The summed E-state index contributed by atoms with van der Waals surface area (Å²) in [7, 11) is 0. The SMILES string of the molecule is CCC/C=C\CCCCCC(CC(=O)NC(CO)C(O)CCCCCCCCCCCCCC)OC(=O)CCCCC/C=C\CCCCCCCCC. The van der Waals surface area contributed by atoms with E-state index in [9.17, 15) is 19.8 Å². The van der Waals surface area contributed by atoms with E-state index < -0.39 is 18.2 Å². The fourth-order valence-corrected chi connectivity index (χ4v) is 6.96. The number of unbranched alkanes of at least 4 members (excludes halogenated alkanes) is 25. The second kappa shape index (κ2) is 41.5. The molecule has 3 N–H and O–H groups in total. The number of nitrogens with one attached hydrogen (secondary N) is 1. The van der Waals surface area contributed by atoms with Crippen LogP contribution in [0.15, 0.2) is 24.3 Å². The van der Waals surface area contributed by atoms with Gasteiger partial charge >= 0.3 is 5.97 Å². The number of carbonyl (C=O) groups is 2. The number of carbonyl (C=O) groups excluding carboxylic acids is 2. The van der Waals surface area contributed by atoms with Crippen molar-refractivity contribution in [2.75, 3.05) is 6.61 Å². The van der Waals surface area contributed by atoms with Crippen LogP contribution in [0.5, 0.6) is 0 Å². The van der Waals surface area contributed by atoms with Crippen molar-refractivity contribution in [3.8, 4) is 0 Å². The molecule has 0 heterocycles. The van der Waals surface area contributed by atoms with Crippen LogP contribution in [0, 0.1) is 0 Å². The Labute approximate surface area is 329 Å². The van der Waals surface area contributed by atoms with Crippen LogP contribution < -0.4 is 5.32 Å². The largest absolute Gasteiger partial charge is 0.462 e. The van der Waals surface area contributed by atoms with E-state index >= 15 is 0 Å². The van der Waals surface area contributed by atoms with Gasteiger partial charge in [0.15, 0.2) is 0 Å². The number of ether oxygens (including phenoxy) is 1. The molecule has 0 radical (unpaired) electrons. The van der Waals surface area contributed by atoms with Crippen LogP contribution in [0.1, 0.15) is 239 Å². The van der Waals surface area contributed by atoms with E-state index in [-0.39, 0.29) is 24.9 Å². The van der Waals surface area contributed by atoms with Gasteiger partial charge in [-0.15, -0.1) is 0 Å². The van der Waals surface area contributed by atoms with E-state index in [1.54, 1.807) is 0 Å². The van der Waals surface area contributed by atoms with Crippen LogP contribution in [0.25, 0.3) is 0 Å². The summed E-state index contributed by atoms with van der Waals surface area (Å²) >= 11 is 0. The van der Waals surface area contributed by atoms with Gasteiger partial charge in [-0.2, -0.15) is 0 Å². The molecule has 0 spiro atoms. The van der Waals surface area contributed by atoms with Crippen molar-refractivity contribution >= 4 is 11.9 Å². The first-order valence-electron chi connectivity index (χ1n) is 23.1. The summed E-state index contributed by atoms with van der Waals surface area (Å²) in [4.78, 5) is 25.9. The fraction of sp³-hybridized carbons (Fsp3) is 0.872. The molecule has 0 aliphatic rings. The number of aliphatic hydroxyl groups excluding tert-OH is 2. The Bertz CT molecular complexity index is 843. The maximum Gasteiger partial charge on any atom is 0.306 e. The molecule has 3 unspecified atom stereocenters. The van der Waals surface area contributed by atoms with Crippen LogP contribution in [-0.2, 0) is 14.3 Å². The minimum atomic E-state index is -0.788. The molecule has 6 nitrogen and oxygen atoms in total. The quantitative estimate of drug-likeness (QED) is 0.0329. The molecule has 0 aromatic heterocycles. The van der Waals surface area contributed by atoms with Gasteiger partial charge in [0.05, 0.1) is 25.2 Å². The average Bonchev–Trinajstić information content (AvgIpc) is 3.15. The summed E-state index contributed by atoms with van der Waals surface area (Å²) in [6, 6.07) is -0.703. The van der Waals surface area contributed by atoms with Crippen LogP contribution >= 0.6 is 0 Å². The van der Waals surface area contributed by atoms with Crippen molar-refractivity contribution in [3.05, 3.63) is 24.3 Å². The molecule has 1 amide bonds. The minimum absolute atomic E-state index is 0.0630. The monoisotopic (exact) mass is 748 g/mol. The van der Waals surface area contributed by atoms with Crippen LogP contribution in [0.2, 0.25) is 0 Å². The van der Waals surface area contributed by atoms with E-state index in [2.05, 4.69) is 50.4 Å². The molecular weight excluding hydrogens is 659 g/mol. The summed E-state index contributed by atoms with van der Waals surface area (Å²) < 4.78 is 5.87. The smallest absolute Gasteiger partial charge is 0.306 e. The van der Waals surface area contributed by atoms with Crippen molar-refractivity contribution in [1.29, 1.82) is 0 Å². The lowest BCUT2D eigenvalue weighted by atomic mass is 10.0. The third-order valence-corrected chi connectivity index (χ3v) is 10.5. The van der Waals surface area contributed by atoms with E-state index in [4.69, 9.17) is 4.74 Å². The second-order valence-corrected chi connectivity index (χ2v) is 15.8. The maximum atomic E-state index is 13.1. The Balaban J connectivity index is 4.50. The summed E-state index contributed by atoms with van der Waals surface area (Å²) in [5.41, 5.74) is 0. The number of rotatable bonds is 41. The highest BCUT2D eigenvalue weighted by Gasteiger charge is 2.24. The lowest BCUT2D eigenvalue weighted by Crippen LogP contribution is -2.46. The van der Waals surface area contributed by atoms with Crippen molar-refractivity contribution in [1.82, 2.24) is 5.32 Å². The Morgan fingerprint density at radius 3 is 1.43 bits per heavy atom. The zero-order valence-corrected chi connectivity index (χ0v) is 35.4. The van der Waals surface area contributed by atoms with Crippen LogP contribution in [-0.4, -0.2) is 46.9 Å². The van der Waals surface area contributed by atoms with E-state index in [1.165, 1.54) is 109 Å². The van der Waals surface area contributed by atoms with E-state index in [1.807, 2.05) is 0 Å².